The summed E-state index contributed by atoms with van der Waals surface area (Å²) in [5.41, 5.74) is 1.38. The van der Waals surface area contributed by atoms with Gasteiger partial charge in [0.25, 0.3) is 0 Å². The molecule has 2 nitrogen and oxygen atoms in total. The minimum absolute atomic E-state index is 0.0241. The summed E-state index contributed by atoms with van der Waals surface area (Å²) in [4.78, 5) is 0. The van der Waals surface area contributed by atoms with E-state index in [0.29, 0.717) is 6.04 Å². The quantitative estimate of drug-likeness (QED) is 0.787. The van der Waals surface area contributed by atoms with Crippen LogP contribution in [0.1, 0.15) is 45.2 Å². The summed E-state index contributed by atoms with van der Waals surface area (Å²) in [7, 11) is 1.78. The highest BCUT2D eigenvalue weighted by Gasteiger charge is 2.19. The van der Waals surface area contributed by atoms with Crippen molar-refractivity contribution in [1.29, 1.82) is 0 Å². The van der Waals surface area contributed by atoms with Gasteiger partial charge in [0.15, 0.2) is 0 Å². The summed E-state index contributed by atoms with van der Waals surface area (Å²) in [6.07, 6.45) is 2.18. The Labute approximate surface area is 103 Å². The van der Waals surface area contributed by atoms with E-state index in [1.807, 2.05) is 0 Å². The number of thiophene rings is 1. The molecule has 0 aliphatic heterocycles. The lowest BCUT2D eigenvalue weighted by Crippen LogP contribution is -2.27. The normalized spacial score (nSPS) is 14.0. The maximum Gasteiger partial charge on any atom is 0.0623 e. The lowest BCUT2D eigenvalue weighted by molar-refractivity contribution is 0.0117. The van der Waals surface area contributed by atoms with Gasteiger partial charge >= 0.3 is 0 Å². The van der Waals surface area contributed by atoms with Crippen LogP contribution in [-0.2, 0) is 4.74 Å². The number of nitrogens with one attached hydrogen (secondary N) is 1. The zero-order valence-corrected chi connectivity index (χ0v) is 11.6. The summed E-state index contributed by atoms with van der Waals surface area (Å²) in [5.74, 6) is 0. The molecular formula is C13H23NOS. The molecule has 0 aliphatic rings. The number of rotatable bonds is 7. The van der Waals surface area contributed by atoms with Crippen LogP contribution in [0.5, 0.6) is 0 Å². The lowest BCUT2D eigenvalue weighted by Gasteiger charge is -2.26. The summed E-state index contributed by atoms with van der Waals surface area (Å²) in [5, 5.41) is 7.90. The van der Waals surface area contributed by atoms with E-state index in [1.54, 1.807) is 18.4 Å². The smallest absolute Gasteiger partial charge is 0.0623 e. The Morgan fingerprint density at radius 2 is 2.25 bits per heavy atom. The van der Waals surface area contributed by atoms with Crippen LogP contribution in [0, 0.1) is 0 Å². The second-order valence-electron chi connectivity index (χ2n) is 4.67. The molecule has 0 saturated heterocycles. The van der Waals surface area contributed by atoms with E-state index in [0.717, 1.165) is 19.4 Å². The van der Waals surface area contributed by atoms with Gasteiger partial charge in [-0.15, -0.1) is 0 Å². The molecule has 0 amide bonds. The average molecular weight is 241 g/mol. The van der Waals surface area contributed by atoms with Crippen molar-refractivity contribution in [3.05, 3.63) is 22.4 Å². The topological polar surface area (TPSA) is 21.3 Å². The minimum atomic E-state index is -0.0241. The average Bonchev–Trinajstić information content (AvgIpc) is 2.77. The van der Waals surface area contributed by atoms with Crippen molar-refractivity contribution in [3.63, 3.8) is 0 Å². The molecule has 0 radical (unpaired) electrons. The van der Waals surface area contributed by atoms with Gasteiger partial charge in [0, 0.05) is 13.2 Å². The van der Waals surface area contributed by atoms with Crippen LogP contribution in [0.3, 0.4) is 0 Å². The van der Waals surface area contributed by atoms with Gasteiger partial charge in [-0.25, -0.2) is 0 Å². The Balaban J connectivity index is 2.53. The molecule has 1 heterocycles. The Hall–Kier alpha value is -0.380. The van der Waals surface area contributed by atoms with Crippen molar-refractivity contribution < 1.29 is 4.74 Å². The van der Waals surface area contributed by atoms with Crippen molar-refractivity contribution in [2.75, 3.05) is 13.7 Å². The number of ether oxygens (including phenoxy) is 1. The third kappa shape index (κ3) is 4.24. The molecule has 0 fully saturated rings. The van der Waals surface area contributed by atoms with Gasteiger partial charge in [-0.1, -0.05) is 6.92 Å². The first-order chi connectivity index (χ1) is 7.59. The highest BCUT2D eigenvalue weighted by Crippen LogP contribution is 2.25. The lowest BCUT2D eigenvalue weighted by atomic mass is 9.96. The second-order valence-corrected chi connectivity index (χ2v) is 5.45. The fraction of sp³-hybridized carbons (Fsp3) is 0.692. The number of hydrogen-bond acceptors (Lipinski definition) is 3. The van der Waals surface area contributed by atoms with Crippen LogP contribution in [0.4, 0.5) is 0 Å². The van der Waals surface area contributed by atoms with Crippen molar-refractivity contribution in [2.24, 2.45) is 0 Å². The van der Waals surface area contributed by atoms with Crippen molar-refractivity contribution in [2.45, 2.75) is 45.3 Å². The van der Waals surface area contributed by atoms with Gasteiger partial charge in [0.2, 0.25) is 0 Å². The summed E-state index contributed by atoms with van der Waals surface area (Å²) >= 11 is 1.76. The molecule has 1 unspecified atom stereocenters. The van der Waals surface area contributed by atoms with E-state index in [1.165, 1.54) is 5.56 Å². The Kier molecular flexibility index (Phi) is 5.46. The van der Waals surface area contributed by atoms with Crippen LogP contribution < -0.4 is 5.32 Å². The molecule has 0 saturated carbocycles. The molecular weight excluding hydrogens is 218 g/mol. The largest absolute Gasteiger partial charge is 0.379 e. The molecule has 0 aromatic carbocycles. The molecule has 3 heteroatoms. The maximum absolute atomic E-state index is 5.46. The highest BCUT2D eigenvalue weighted by atomic mass is 32.1. The van der Waals surface area contributed by atoms with E-state index in [-0.39, 0.29) is 5.60 Å². The second kappa shape index (κ2) is 6.38. The molecule has 1 aromatic rings. The minimum Gasteiger partial charge on any atom is -0.379 e. The first-order valence-electron chi connectivity index (χ1n) is 5.89. The Morgan fingerprint density at radius 3 is 2.75 bits per heavy atom. The van der Waals surface area contributed by atoms with Gasteiger partial charge in [-0.2, -0.15) is 11.3 Å². The van der Waals surface area contributed by atoms with Gasteiger partial charge < -0.3 is 10.1 Å². The standard InChI is InChI=1S/C13H23NOS/c1-5-14-12(11-7-9-16-10-11)6-8-13(2,3)15-4/h7,9-10,12,14H,5-6,8H2,1-4H3. The Morgan fingerprint density at radius 1 is 1.50 bits per heavy atom. The molecule has 1 aromatic heterocycles. The van der Waals surface area contributed by atoms with E-state index < -0.39 is 0 Å². The summed E-state index contributed by atoms with van der Waals surface area (Å²) in [6, 6.07) is 2.67. The highest BCUT2D eigenvalue weighted by molar-refractivity contribution is 7.07. The van der Waals surface area contributed by atoms with Crippen molar-refractivity contribution in [3.8, 4) is 0 Å². The molecule has 0 aliphatic carbocycles. The monoisotopic (exact) mass is 241 g/mol. The summed E-state index contributed by atoms with van der Waals surface area (Å²) < 4.78 is 5.46. The zero-order valence-electron chi connectivity index (χ0n) is 10.7. The van der Waals surface area contributed by atoms with Crippen molar-refractivity contribution >= 4 is 11.3 Å². The van der Waals surface area contributed by atoms with E-state index >= 15 is 0 Å². The van der Waals surface area contributed by atoms with Gasteiger partial charge in [-0.3, -0.25) is 0 Å². The summed E-state index contributed by atoms with van der Waals surface area (Å²) in [6.45, 7) is 7.45. The number of methoxy groups -OCH3 is 1. The molecule has 1 rings (SSSR count). The fourth-order valence-electron chi connectivity index (χ4n) is 1.70. The van der Waals surface area contributed by atoms with Crippen LogP contribution in [0.2, 0.25) is 0 Å². The molecule has 0 bridgehead atoms. The van der Waals surface area contributed by atoms with Gasteiger partial charge in [-0.05, 0) is 55.6 Å². The molecule has 92 valence electrons. The Bertz CT molecular complexity index is 282. The van der Waals surface area contributed by atoms with Crippen LogP contribution in [-0.4, -0.2) is 19.3 Å². The van der Waals surface area contributed by atoms with E-state index in [2.05, 4.69) is 42.9 Å². The maximum atomic E-state index is 5.46. The molecule has 1 atom stereocenters. The third-order valence-corrected chi connectivity index (χ3v) is 3.69. The van der Waals surface area contributed by atoms with Crippen LogP contribution >= 0.6 is 11.3 Å². The fourth-order valence-corrected chi connectivity index (χ4v) is 2.41. The number of hydrogen-bond donors (Lipinski definition) is 1. The van der Waals surface area contributed by atoms with Crippen molar-refractivity contribution in [1.82, 2.24) is 5.32 Å². The zero-order chi connectivity index (χ0) is 12.0. The molecule has 16 heavy (non-hydrogen) atoms. The predicted octanol–water partition coefficient (Wildman–Crippen LogP) is 3.60. The van der Waals surface area contributed by atoms with E-state index in [4.69, 9.17) is 4.74 Å². The van der Waals surface area contributed by atoms with Gasteiger partial charge in [0.1, 0.15) is 0 Å². The first kappa shape index (κ1) is 13.7. The molecule has 0 spiro atoms. The SMILES string of the molecule is CCNC(CCC(C)(C)OC)c1ccsc1. The van der Waals surface area contributed by atoms with Gasteiger partial charge in [0.05, 0.1) is 5.60 Å². The molecule has 1 N–H and O–H groups in total. The van der Waals surface area contributed by atoms with E-state index in [9.17, 15) is 0 Å². The first-order valence-corrected chi connectivity index (χ1v) is 6.84. The third-order valence-electron chi connectivity index (χ3n) is 2.98. The van der Waals surface area contributed by atoms with Crippen LogP contribution in [0.25, 0.3) is 0 Å². The predicted molar refractivity (Wildman–Crippen MR) is 71.1 cm³/mol. The van der Waals surface area contributed by atoms with Crippen LogP contribution in [0.15, 0.2) is 16.8 Å².